The van der Waals surface area contributed by atoms with Gasteiger partial charge >= 0.3 is 0 Å². The predicted molar refractivity (Wildman–Crippen MR) is 77.9 cm³/mol. The maximum absolute atomic E-state index is 12.2. The molecule has 1 rings (SSSR count). The van der Waals surface area contributed by atoms with E-state index in [2.05, 4.69) is 15.9 Å². The van der Waals surface area contributed by atoms with Crippen LogP contribution in [0.3, 0.4) is 0 Å². The van der Waals surface area contributed by atoms with Crippen LogP contribution < -0.4 is 4.74 Å². The highest BCUT2D eigenvalue weighted by molar-refractivity contribution is 9.10. The van der Waals surface area contributed by atoms with Gasteiger partial charge in [-0.3, -0.25) is 9.59 Å². The van der Waals surface area contributed by atoms with Crippen LogP contribution in [0.5, 0.6) is 5.75 Å². The molecule has 0 aromatic heterocycles. The molecule has 0 saturated carbocycles. The normalized spacial score (nSPS) is 12.3. The number of carbonyl (C=O) groups is 2. The minimum atomic E-state index is -3.55. The van der Waals surface area contributed by atoms with Crippen molar-refractivity contribution in [3.8, 4) is 11.8 Å². The van der Waals surface area contributed by atoms with Crippen LogP contribution in [0, 0.1) is 17.2 Å². The minimum absolute atomic E-state index is 0.0148. The SMILES string of the molecule is COc1c(S(C)(=O)=O)ccc(C(=O)C(C#N)C(C)=O)c1Br. The lowest BCUT2D eigenvalue weighted by atomic mass is 9.95. The van der Waals surface area contributed by atoms with Gasteiger partial charge in [0, 0.05) is 11.8 Å². The number of benzene rings is 1. The van der Waals surface area contributed by atoms with Crippen molar-refractivity contribution in [1.82, 2.24) is 0 Å². The highest BCUT2D eigenvalue weighted by Gasteiger charge is 2.29. The van der Waals surface area contributed by atoms with E-state index in [4.69, 9.17) is 10.00 Å². The van der Waals surface area contributed by atoms with E-state index in [1.54, 1.807) is 6.07 Å². The summed E-state index contributed by atoms with van der Waals surface area (Å²) in [4.78, 5) is 23.4. The summed E-state index contributed by atoms with van der Waals surface area (Å²) >= 11 is 3.10. The minimum Gasteiger partial charge on any atom is -0.494 e. The van der Waals surface area contributed by atoms with E-state index < -0.39 is 27.3 Å². The van der Waals surface area contributed by atoms with Gasteiger partial charge < -0.3 is 4.74 Å². The molecule has 112 valence electrons. The maximum Gasteiger partial charge on any atom is 0.188 e. The van der Waals surface area contributed by atoms with Crippen molar-refractivity contribution in [2.24, 2.45) is 5.92 Å². The molecule has 0 aliphatic heterocycles. The van der Waals surface area contributed by atoms with Crippen LogP contribution in [0.4, 0.5) is 0 Å². The van der Waals surface area contributed by atoms with Crippen molar-refractivity contribution in [2.75, 3.05) is 13.4 Å². The van der Waals surface area contributed by atoms with Crippen LogP contribution in [-0.2, 0) is 14.6 Å². The Balaban J connectivity index is 3.53. The zero-order valence-electron chi connectivity index (χ0n) is 11.5. The second kappa shape index (κ2) is 6.37. The number of sulfone groups is 1. The molecular formula is C13H12BrNO5S. The van der Waals surface area contributed by atoms with Crippen LogP contribution in [0.1, 0.15) is 17.3 Å². The molecule has 8 heteroatoms. The molecule has 0 heterocycles. The molecule has 0 aliphatic rings. The predicted octanol–water partition coefficient (Wildman–Crippen LogP) is 1.77. The molecule has 1 aromatic carbocycles. The molecular weight excluding hydrogens is 362 g/mol. The number of carbonyl (C=O) groups excluding carboxylic acids is 2. The lowest BCUT2D eigenvalue weighted by Gasteiger charge is -2.13. The Bertz CT molecular complexity index is 749. The van der Waals surface area contributed by atoms with Crippen LogP contribution in [0.2, 0.25) is 0 Å². The number of hydrogen-bond donors (Lipinski definition) is 0. The third kappa shape index (κ3) is 3.49. The second-order valence-electron chi connectivity index (χ2n) is 4.27. The van der Waals surface area contributed by atoms with Gasteiger partial charge in [-0.05, 0) is 35.0 Å². The molecule has 0 amide bonds. The first-order valence-electron chi connectivity index (χ1n) is 5.66. The lowest BCUT2D eigenvalue weighted by molar-refractivity contribution is -0.118. The van der Waals surface area contributed by atoms with E-state index in [0.29, 0.717) is 0 Å². The highest BCUT2D eigenvalue weighted by Crippen LogP contribution is 2.36. The Morgan fingerprint density at radius 1 is 1.38 bits per heavy atom. The fourth-order valence-corrected chi connectivity index (χ4v) is 3.37. The van der Waals surface area contributed by atoms with E-state index in [9.17, 15) is 18.0 Å². The molecule has 0 fully saturated rings. The van der Waals surface area contributed by atoms with E-state index in [0.717, 1.165) is 13.2 Å². The molecule has 0 N–H and O–H groups in total. The smallest absolute Gasteiger partial charge is 0.188 e. The molecule has 0 saturated heterocycles. The maximum atomic E-state index is 12.2. The molecule has 1 aromatic rings. The van der Waals surface area contributed by atoms with Gasteiger partial charge in [-0.1, -0.05) is 0 Å². The quantitative estimate of drug-likeness (QED) is 0.575. The second-order valence-corrected chi connectivity index (χ2v) is 7.04. The Morgan fingerprint density at radius 3 is 2.33 bits per heavy atom. The van der Waals surface area contributed by atoms with E-state index in [1.807, 2.05) is 0 Å². The lowest BCUT2D eigenvalue weighted by Crippen LogP contribution is -2.21. The molecule has 0 aliphatic carbocycles. The summed E-state index contributed by atoms with van der Waals surface area (Å²) in [7, 11) is -2.29. The van der Waals surface area contributed by atoms with Gasteiger partial charge in [-0.25, -0.2) is 8.42 Å². The molecule has 0 radical (unpaired) electrons. The largest absolute Gasteiger partial charge is 0.494 e. The number of ketones is 2. The van der Waals surface area contributed by atoms with Crippen LogP contribution in [0.15, 0.2) is 21.5 Å². The van der Waals surface area contributed by atoms with Crippen molar-refractivity contribution in [1.29, 1.82) is 5.26 Å². The Labute approximate surface area is 130 Å². The summed E-state index contributed by atoms with van der Waals surface area (Å²) in [6, 6.07) is 4.09. The average molecular weight is 374 g/mol. The first-order valence-corrected chi connectivity index (χ1v) is 8.34. The van der Waals surface area contributed by atoms with E-state index in [1.165, 1.54) is 19.2 Å². The molecule has 6 nitrogen and oxygen atoms in total. The molecule has 0 spiro atoms. The third-order valence-electron chi connectivity index (χ3n) is 2.73. The van der Waals surface area contributed by atoms with Gasteiger partial charge in [0.1, 0.15) is 4.90 Å². The summed E-state index contributed by atoms with van der Waals surface area (Å²) in [5.41, 5.74) is 0.0148. The van der Waals surface area contributed by atoms with Gasteiger partial charge in [0.2, 0.25) is 0 Å². The van der Waals surface area contributed by atoms with E-state index in [-0.39, 0.29) is 20.7 Å². The number of ether oxygens (including phenoxy) is 1. The van der Waals surface area contributed by atoms with Crippen molar-refractivity contribution in [3.63, 3.8) is 0 Å². The van der Waals surface area contributed by atoms with Crippen molar-refractivity contribution < 1.29 is 22.7 Å². The van der Waals surface area contributed by atoms with E-state index >= 15 is 0 Å². The topological polar surface area (TPSA) is 101 Å². The number of hydrogen-bond acceptors (Lipinski definition) is 6. The number of Topliss-reactive ketones (excluding diaryl/α,β-unsaturated/α-hetero) is 2. The first-order chi connectivity index (χ1) is 9.65. The Kier molecular flexibility index (Phi) is 5.25. The third-order valence-corrected chi connectivity index (χ3v) is 4.64. The fourth-order valence-electron chi connectivity index (χ4n) is 1.70. The number of rotatable bonds is 5. The molecule has 21 heavy (non-hydrogen) atoms. The summed E-state index contributed by atoms with van der Waals surface area (Å²) in [6.07, 6.45) is 1.01. The summed E-state index contributed by atoms with van der Waals surface area (Å²) < 4.78 is 28.4. The van der Waals surface area contributed by atoms with Crippen molar-refractivity contribution in [2.45, 2.75) is 11.8 Å². The van der Waals surface area contributed by atoms with Gasteiger partial charge in [-0.2, -0.15) is 5.26 Å². The van der Waals surface area contributed by atoms with Gasteiger partial charge in [0.25, 0.3) is 0 Å². The summed E-state index contributed by atoms with van der Waals surface area (Å²) in [6.45, 7) is 1.14. The fraction of sp³-hybridized carbons (Fsp3) is 0.308. The number of halogens is 1. The first kappa shape index (κ1) is 17.3. The molecule has 0 bridgehead atoms. The van der Waals surface area contributed by atoms with Crippen LogP contribution in [0.25, 0.3) is 0 Å². The zero-order chi connectivity index (χ0) is 16.4. The van der Waals surface area contributed by atoms with Crippen LogP contribution in [-0.4, -0.2) is 33.3 Å². The van der Waals surface area contributed by atoms with Crippen molar-refractivity contribution >= 4 is 37.3 Å². The monoisotopic (exact) mass is 373 g/mol. The van der Waals surface area contributed by atoms with Gasteiger partial charge in [-0.15, -0.1) is 0 Å². The average Bonchev–Trinajstić information content (AvgIpc) is 2.37. The zero-order valence-corrected chi connectivity index (χ0v) is 13.9. The summed E-state index contributed by atoms with van der Waals surface area (Å²) in [5.74, 6) is -2.77. The number of nitriles is 1. The summed E-state index contributed by atoms with van der Waals surface area (Å²) in [5, 5.41) is 8.90. The standard InChI is InChI=1S/C13H12BrNO5S/c1-7(16)9(6-15)12(17)8-4-5-10(21(3,18)19)13(20-2)11(8)14/h4-5,9H,1-3H3. The Hall–Kier alpha value is -1.72. The highest BCUT2D eigenvalue weighted by atomic mass is 79.9. The molecule has 1 atom stereocenters. The van der Waals surface area contributed by atoms with Gasteiger partial charge in [0.05, 0.1) is 17.7 Å². The molecule has 1 unspecified atom stereocenters. The van der Waals surface area contributed by atoms with Crippen LogP contribution >= 0.6 is 15.9 Å². The number of methoxy groups -OCH3 is 1. The van der Waals surface area contributed by atoms with Gasteiger partial charge in [0.15, 0.2) is 33.1 Å². The number of nitrogens with zero attached hydrogens (tertiary/aromatic N) is 1. The Morgan fingerprint density at radius 2 is 1.95 bits per heavy atom. The van der Waals surface area contributed by atoms with Crippen molar-refractivity contribution in [3.05, 3.63) is 22.2 Å².